The lowest BCUT2D eigenvalue weighted by atomic mass is 10.1. The summed E-state index contributed by atoms with van der Waals surface area (Å²) in [5, 5.41) is 0. The Labute approximate surface area is 143 Å². The van der Waals surface area contributed by atoms with Crippen LogP contribution in [-0.2, 0) is 11.3 Å². The maximum Gasteiger partial charge on any atom is 0.404 e. The van der Waals surface area contributed by atoms with E-state index in [-0.39, 0.29) is 12.6 Å². The fraction of sp³-hybridized carbons (Fsp3) is 0.150. The highest BCUT2D eigenvalue weighted by atomic mass is 16.5. The van der Waals surface area contributed by atoms with Crippen molar-refractivity contribution in [2.75, 3.05) is 0 Å². The van der Waals surface area contributed by atoms with Crippen LogP contribution in [0.5, 0.6) is 0 Å². The molecule has 1 unspecified atom stereocenters. The highest BCUT2D eigenvalue weighted by molar-refractivity contribution is 5.64. The maximum absolute atomic E-state index is 10.2. The monoisotopic (exact) mass is 324 g/mol. The van der Waals surface area contributed by atoms with Crippen LogP contribution < -0.4 is 11.5 Å². The molecule has 0 saturated heterocycles. The Kier molecular flexibility index (Phi) is 9.34. The van der Waals surface area contributed by atoms with Crippen molar-refractivity contribution < 1.29 is 9.53 Å². The summed E-state index contributed by atoms with van der Waals surface area (Å²) >= 11 is 0. The highest BCUT2D eigenvalue weighted by Gasteiger charge is 1.94. The molecule has 126 valence electrons. The standard InChI is InChI=1S/C12H15N.C8H9NO2/c1-2-6-12(13)10-9-11-7-4-3-5-8-11;9-8(10)11-6-7-4-2-1-3-5-7/h2-5,7-10,12H,1,6,13H2;1-5H,6H2,(H2,9,10)/b10-9+;. The second kappa shape index (κ2) is 11.7. The topological polar surface area (TPSA) is 78.3 Å². The first-order chi connectivity index (χ1) is 11.6. The summed E-state index contributed by atoms with van der Waals surface area (Å²) in [5.41, 5.74) is 12.7. The molecular formula is C20H24N2O2. The third kappa shape index (κ3) is 9.23. The summed E-state index contributed by atoms with van der Waals surface area (Å²) < 4.78 is 4.57. The van der Waals surface area contributed by atoms with Crippen LogP contribution in [0.2, 0.25) is 0 Å². The van der Waals surface area contributed by atoms with Crippen LogP contribution in [0.15, 0.2) is 79.4 Å². The fourth-order valence-electron chi connectivity index (χ4n) is 1.80. The summed E-state index contributed by atoms with van der Waals surface area (Å²) in [6.07, 6.45) is 5.95. The van der Waals surface area contributed by atoms with Gasteiger partial charge >= 0.3 is 6.09 Å². The zero-order valence-corrected chi connectivity index (χ0v) is 13.7. The lowest BCUT2D eigenvalue weighted by molar-refractivity contribution is 0.150. The Hall–Kier alpha value is -2.85. The zero-order valence-electron chi connectivity index (χ0n) is 13.7. The third-order valence-corrected chi connectivity index (χ3v) is 3.00. The van der Waals surface area contributed by atoms with Gasteiger partial charge in [0.2, 0.25) is 0 Å². The number of benzene rings is 2. The number of hydrogen-bond donors (Lipinski definition) is 2. The number of primary amides is 1. The predicted molar refractivity (Wildman–Crippen MR) is 99.1 cm³/mol. The van der Waals surface area contributed by atoms with Gasteiger partial charge in [0.25, 0.3) is 0 Å². The molecule has 1 atom stereocenters. The average molecular weight is 324 g/mol. The van der Waals surface area contributed by atoms with Gasteiger partial charge in [-0.05, 0) is 17.5 Å². The van der Waals surface area contributed by atoms with Gasteiger partial charge in [0.05, 0.1) is 0 Å². The number of hydrogen-bond acceptors (Lipinski definition) is 3. The van der Waals surface area contributed by atoms with E-state index in [0.29, 0.717) is 0 Å². The SMILES string of the molecule is C=CCC(N)/C=C/c1ccccc1.NC(=O)OCc1ccccc1. The van der Waals surface area contributed by atoms with Gasteiger partial charge in [-0.2, -0.15) is 0 Å². The van der Waals surface area contributed by atoms with Gasteiger partial charge in [-0.3, -0.25) is 0 Å². The Bertz CT molecular complexity index is 625. The molecule has 2 rings (SSSR count). The number of nitrogens with two attached hydrogens (primary N) is 2. The van der Waals surface area contributed by atoms with E-state index >= 15 is 0 Å². The van der Waals surface area contributed by atoms with Gasteiger partial charge in [0.1, 0.15) is 6.61 Å². The molecule has 1 amide bonds. The fourth-order valence-corrected chi connectivity index (χ4v) is 1.80. The summed E-state index contributed by atoms with van der Waals surface area (Å²) in [6, 6.07) is 19.6. The maximum atomic E-state index is 10.2. The Morgan fingerprint density at radius 2 is 1.67 bits per heavy atom. The molecule has 4 N–H and O–H groups in total. The minimum absolute atomic E-state index is 0.0812. The van der Waals surface area contributed by atoms with E-state index < -0.39 is 6.09 Å². The molecule has 0 aliphatic rings. The number of rotatable bonds is 6. The van der Waals surface area contributed by atoms with Crippen molar-refractivity contribution in [3.63, 3.8) is 0 Å². The first kappa shape index (κ1) is 19.2. The van der Waals surface area contributed by atoms with Crippen LogP contribution in [-0.4, -0.2) is 12.1 Å². The molecule has 0 bridgehead atoms. The smallest absolute Gasteiger partial charge is 0.404 e. The summed E-state index contributed by atoms with van der Waals surface area (Å²) in [6.45, 7) is 3.89. The summed E-state index contributed by atoms with van der Waals surface area (Å²) in [5.74, 6) is 0. The highest BCUT2D eigenvalue weighted by Crippen LogP contribution is 2.02. The molecular weight excluding hydrogens is 300 g/mol. The van der Waals surface area contributed by atoms with Crippen LogP contribution in [0, 0.1) is 0 Å². The van der Waals surface area contributed by atoms with Crippen LogP contribution in [0.3, 0.4) is 0 Å². The second-order valence-corrected chi connectivity index (χ2v) is 5.05. The van der Waals surface area contributed by atoms with Crippen LogP contribution in [0.4, 0.5) is 4.79 Å². The van der Waals surface area contributed by atoms with Crippen molar-refractivity contribution in [2.45, 2.75) is 19.1 Å². The molecule has 4 nitrogen and oxygen atoms in total. The molecule has 0 fully saturated rings. The minimum atomic E-state index is -0.742. The number of ether oxygens (including phenoxy) is 1. The van der Waals surface area contributed by atoms with Crippen molar-refractivity contribution >= 4 is 12.2 Å². The molecule has 4 heteroatoms. The Morgan fingerprint density at radius 3 is 2.21 bits per heavy atom. The van der Waals surface area contributed by atoms with Crippen molar-refractivity contribution in [3.8, 4) is 0 Å². The van der Waals surface area contributed by atoms with Gasteiger partial charge in [0, 0.05) is 6.04 Å². The first-order valence-electron chi connectivity index (χ1n) is 7.67. The number of carbonyl (C=O) groups excluding carboxylic acids is 1. The normalized spacial score (nSPS) is 11.2. The lowest BCUT2D eigenvalue weighted by Gasteiger charge is -2.00. The van der Waals surface area contributed by atoms with E-state index in [4.69, 9.17) is 11.5 Å². The molecule has 0 aromatic heterocycles. The Morgan fingerprint density at radius 1 is 1.08 bits per heavy atom. The number of amides is 1. The molecule has 0 radical (unpaired) electrons. The summed E-state index contributed by atoms with van der Waals surface area (Å²) in [7, 11) is 0. The molecule has 0 aliphatic carbocycles. The van der Waals surface area contributed by atoms with E-state index in [2.05, 4.69) is 23.4 Å². The van der Waals surface area contributed by atoms with E-state index in [1.807, 2.05) is 66.8 Å². The summed E-state index contributed by atoms with van der Waals surface area (Å²) in [4.78, 5) is 10.2. The van der Waals surface area contributed by atoms with Crippen molar-refractivity contribution in [1.29, 1.82) is 0 Å². The van der Waals surface area contributed by atoms with Gasteiger partial charge in [-0.25, -0.2) is 4.79 Å². The quantitative estimate of drug-likeness (QED) is 0.791. The van der Waals surface area contributed by atoms with E-state index in [0.717, 1.165) is 12.0 Å². The third-order valence-electron chi connectivity index (χ3n) is 3.00. The largest absolute Gasteiger partial charge is 0.445 e. The van der Waals surface area contributed by atoms with Gasteiger partial charge in [0.15, 0.2) is 0 Å². The minimum Gasteiger partial charge on any atom is -0.445 e. The van der Waals surface area contributed by atoms with Gasteiger partial charge in [-0.15, -0.1) is 6.58 Å². The van der Waals surface area contributed by atoms with Crippen LogP contribution in [0.1, 0.15) is 17.5 Å². The molecule has 2 aromatic rings. The van der Waals surface area contributed by atoms with Crippen molar-refractivity contribution in [2.24, 2.45) is 11.5 Å². The second-order valence-electron chi connectivity index (χ2n) is 5.05. The molecule has 0 spiro atoms. The Balaban J connectivity index is 0.000000243. The number of carbonyl (C=O) groups is 1. The molecule has 0 heterocycles. The van der Waals surface area contributed by atoms with E-state index in [1.165, 1.54) is 5.56 Å². The van der Waals surface area contributed by atoms with Crippen molar-refractivity contribution in [1.82, 2.24) is 0 Å². The molecule has 2 aromatic carbocycles. The van der Waals surface area contributed by atoms with Crippen molar-refractivity contribution in [3.05, 3.63) is 90.5 Å². The molecule has 0 aliphatic heterocycles. The lowest BCUT2D eigenvalue weighted by Crippen LogP contribution is -2.14. The van der Waals surface area contributed by atoms with E-state index in [9.17, 15) is 4.79 Å². The predicted octanol–water partition coefficient (Wildman–Crippen LogP) is 3.89. The molecule has 24 heavy (non-hydrogen) atoms. The van der Waals surface area contributed by atoms with Gasteiger partial charge in [-0.1, -0.05) is 78.9 Å². The van der Waals surface area contributed by atoms with E-state index in [1.54, 1.807) is 0 Å². The van der Waals surface area contributed by atoms with Gasteiger partial charge < -0.3 is 16.2 Å². The first-order valence-corrected chi connectivity index (χ1v) is 7.67. The molecule has 0 saturated carbocycles. The van der Waals surface area contributed by atoms with Crippen LogP contribution >= 0.6 is 0 Å². The average Bonchev–Trinajstić information content (AvgIpc) is 2.61. The zero-order chi connectivity index (χ0) is 17.6. The van der Waals surface area contributed by atoms with Crippen LogP contribution in [0.25, 0.3) is 6.08 Å².